The van der Waals surface area contributed by atoms with Gasteiger partial charge in [-0.25, -0.2) is 4.98 Å². The van der Waals surface area contributed by atoms with E-state index in [0.717, 1.165) is 10.4 Å². The Kier molecular flexibility index (Phi) is 6.22. The molecule has 0 aliphatic carbocycles. The lowest BCUT2D eigenvalue weighted by molar-refractivity contribution is 0.101. The third kappa shape index (κ3) is 4.47. The fourth-order valence-electron chi connectivity index (χ4n) is 4.41. The summed E-state index contributed by atoms with van der Waals surface area (Å²) in [6.45, 7) is 5.67. The molecule has 0 radical (unpaired) electrons. The first-order chi connectivity index (χ1) is 19.0. The lowest BCUT2D eigenvalue weighted by Crippen LogP contribution is -2.22. The van der Waals surface area contributed by atoms with E-state index in [1.165, 1.54) is 6.92 Å². The van der Waals surface area contributed by atoms with E-state index in [1.807, 2.05) is 60.1 Å². The van der Waals surface area contributed by atoms with Gasteiger partial charge < -0.3 is 4.42 Å². The van der Waals surface area contributed by atoms with E-state index < -0.39 is 10.7 Å². The van der Waals surface area contributed by atoms with Gasteiger partial charge in [-0.1, -0.05) is 49.0 Å². The van der Waals surface area contributed by atoms with Crippen LogP contribution in [-0.2, 0) is 0 Å². The minimum atomic E-state index is -0.806. The van der Waals surface area contributed by atoms with Gasteiger partial charge in [0.25, 0.3) is 15.9 Å². The van der Waals surface area contributed by atoms with E-state index in [-0.39, 0.29) is 11.3 Å². The van der Waals surface area contributed by atoms with Crippen molar-refractivity contribution in [2.45, 2.75) is 6.92 Å². The van der Waals surface area contributed by atoms with Crippen LogP contribution in [0.1, 0.15) is 23.0 Å². The lowest BCUT2D eigenvalue weighted by Gasteiger charge is -2.13. The van der Waals surface area contributed by atoms with Crippen molar-refractivity contribution in [3.63, 3.8) is 0 Å². The molecule has 0 bridgehead atoms. The quantitative estimate of drug-likeness (QED) is 0.179. The number of fused-ring (bicyclic) bond motifs is 1. The van der Waals surface area contributed by atoms with Crippen LogP contribution in [0, 0.1) is 0 Å². The normalized spacial score (nSPS) is 11.5. The molecule has 0 saturated heterocycles. The number of nitrogens with zero attached hydrogens (tertiary/aromatic N) is 3. The van der Waals surface area contributed by atoms with Gasteiger partial charge >= 0.3 is 0 Å². The van der Waals surface area contributed by atoms with Crippen LogP contribution in [0.2, 0.25) is 0 Å². The Morgan fingerprint density at radius 3 is 2.41 bits per heavy atom. The van der Waals surface area contributed by atoms with Crippen LogP contribution >= 0.6 is 10.7 Å². The second-order valence-corrected chi connectivity index (χ2v) is 10.4. The van der Waals surface area contributed by atoms with Gasteiger partial charge in [0, 0.05) is 11.1 Å². The Bertz CT molecular complexity index is 1890. The summed E-state index contributed by atoms with van der Waals surface area (Å²) in [6, 6.07) is 27.7. The van der Waals surface area contributed by atoms with Crippen molar-refractivity contribution >= 4 is 33.0 Å². The number of rotatable bonds is 7. The molecule has 1 unspecified atom stereocenters. The molecule has 0 fully saturated rings. The molecule has 39 heavy (non-hydrogen) atoms. The SMILES string of the molecule is C=C(N[s+]1cnc(-c2ccccc2)c1-c1nc2ccccc2c(=O)n1-c1ccc(C(C)=O)cc1)c1ccco1. The Morgan fingerprint density at radius 2 is 1.69 bits per heavy atom. The van der Waals surface area contributed by atoms with Gasteiger partial charge in [-0.3, -0.25) is 14.2 Å². The minimum absolute atomic E-state index is 0.0498. The van der Waals surface area contributed by atoms with E-state index >= 15 is 0 Å². The molecule has 3 aromatic carbocycles. The van der Waals surface area contributed by atoms with E-state index in [1.54, 1.807) is 47.2 Å². The Labute approximate surface area is 226 Å². The van der Waals surface area contributed by atoms with Crippen LogP contribution in [0.4, 0.5) is 0 Å². The summed E-state index contributed by atoms with van der Waals surface area (Å²) in [7, 11) is -0.806. The molecule has 8 heteroatoms. The summed E-state index contributed by atoms with van der Waals surface area (Å²) in [5, 5.41) is 0.491. The lowest BCUT2D eigenvalue weighted by atomic mass is 10.1. The van der Waals surface area contributed by atoms with Crippen LogP contribution in [-0.4, -0.2) is 20.3 Å². The predicted octanol–water partition coefficient (Wildman–Crippen LogP) is 6.87. The molecule has 6 aromatic rings. The molecule has 3 heterocycles. The number of carbonyl (C=O) groups excluding carboxylic acids is 1. The molecule has 3 aromatic heterocycles. The molecule has 0 aliphatic rings. The van der Waals surface area contributed by atoms with Crippen molar-refractivity contribution in [3.8, 4) is 27.6 Å². The third-order valence-electron chi connectivity index (χ3n) is 6.33. The first-order valence-corrected chi connectivity index (χ1v) is 13.5. The van der Waals surface area contributed by atoms with Crippen molar-refractivity contribution in [1.29, 1.82) is 0 Å². The number of para-hydroxylation sites is 1. The van der Waals surface area contributed by atoms with E-state index in [2.05, 4.69) is 11.3 Å². The average molecular weight is 532 g/mol. The monoisotopic (exact) mass is 531 g/mol. The van der Waals surface area contributed by atoms with Gasteiger partial charge in [0.15, 0.2) is 11.5 Å². The predicted molar refractivity (Wildman–Crippen MR) is 156 cm³/mol. The number of thiazole rings is 1. The summed E-state index contributed by atoms with van der Waals surface area (Å²) in [5.41, 5.74) is 5.52. The Balaban J connectivity index is 1.64. The molecule has 0 aliphatic heterocycles. The number of Topliss-reactive ketones (excluding diaryl/α,β-unsaturated/α-hetero) is 1. The number of hydrogen-bond acceptors (Lipinski definition) is 6. The van der Waals surface area contributed by atoms with Gasteiger partial charge in [0.05, 0.1) is 22.9 Å². The number of hydrogen-bond donors (Lipinski definition) is 1. The van der Waals surface area contributed by atoms with Crippen molar-refractivity contribution in [3.05, 3.63) is 131 Å². The fraction of sp³-hybridized carbons (Fsp3) is 0.0323. The van der Waals surface area contributed by atoms with Crippen LogP contribution in [0.5, 0.6) is 0 Å². The maximum atomic E-state index is 14.0. The molecular formula is C31H23N4O3S+. The zero-order valence-electron chi connectivity index (χ0n) is 21.0. The van der Waals surface area contributed by atoms with E-state index in [4.69, 9.17) is 14.4 Å². The first kappa shape index (κ1) is 24.3. The third-order valence-corrected chi connectivity index (χ3v) is 7.93. The molecule has 0 amide bonds. The van der Waals surface area contributed by atoms with Crippen molar-refractivity contribution in [2.75, 3.05) is 4.72 Å². The second-order valence-electron chi connectivity index (χ2n) is 8.87. The highest BCUT2D eigenvalue weighted by Crippen LogP contribution is 2.41. The highest BCUT2D eigenvalue weighted by Gasteiger charge is 2.31. The van der Waals surface area contributed by atoms with Crippen LogP contribution in [0.15, 0.2) is 119 Å². The molecule has 1 atom stereocenters. The topological polar surface area (TPSA) is 90.0 Å². The molecule has 6 rings (SSSR count). The zero-order valence-corrected chi connectivity index (χ0v) is 21.8. The molecule has 0 saturated carbocycles. The number of ketones is 1. The molecular weight excluding hydrogens is 508 g/mol. The minimum Gasteiger partial charge on any atom is -0.463 e. The summed E-state index contributed by atoms with van der Waals surface area (Å²) < 4.78 is 10.6. The standard InChI is InChI=1S/C31H23N4O3S/c1-20(27-13-8-18-38-27)34-39-19-32-28(23-9-4-3-5-10-23)29(39)30-33-26-12-7-6-11-25(26)31(37)35(30)24-16-14-22(15-17-24)21(2)36/h3-19,34H,1H2,2H3/q+1. The van der Waals surface area contributed by atoms with Crippen LogP contribution < -0.4 is 10.3 Å². The van der Waals surface area contributed by atoms with Gasteiger partial charge in [-0.2, -0.15) is 9.71 Å². The van der Waals surface area contributed by atoms with E-state index in [9.17, 15) is 9.59 Å². The number of nitrogens with one attached hydrogen (secondary N) is 1. The van der Waals surface area contributed by atoms with Gasteiger partial charge in [-0.05, 0) is 55.5 Å². The van der Waals surface area contributed by atoms with Crippen LogP contribution in [0.25, 0.3) is 44.2 Å². The largest absolute Gasteiger partial charge is 0.463 e. The van der Waals surface area contributed by atoms with Gasteiger partial charge in [0.1, 0.15) is 22.0 Å². The number of furan rings is 1. The fourth-order valence-corrected chi connectivity index (χ4v) is 5.96. The van der Waals surface area contributed by atoms with Crippen LogP contribution in [0.3, 0.4) is 0 Å². The molecule has 1 N–H and O–H groups in total. The zero-order chi connectivity index (χ0) is 26.9. The maximum Gasteiger partial charge on any atom is 0.271 e. The Morgan fingerprint density at radius 1 is 0.949 bits per heavy atom. The Hall–Kier alpha value is -5.08. The number of carbonyl (C=O) groups is 1. The summed E-state index contributed by atoms with van der Waals surface area (Å²) in [5.74, 6) is 1.01. The van der Waals surface area contributed by atoms with Gasteiger partial charge in [-0.15, -0.1) is 0 Å². The molecule has 7 nitrogen and oxygen atoms in total. The van der Waals surface area contributed by atoms with Crippen molar-refractivity contribution < 1.29 is 9.21 Å². The second kappa shape index (κ2) is 10.00. The van der Waals surface area contributed by atoms with E-state index in [0.29, 0.717) is 45.1 Å². The highest BCUT2D eigenvalue weighted by atomic mass is 32.2. The summed E-state index contributed by atoms with van der Waals surface area (Å²) in [4.78, 5) is 36.5. The maximum absolute atomic E-state index is 14.0. The van der Waals surface area contributed by atoms with Gasteiger partial charge in [0.2, 0.25) is 5.82 Å². The number of aromatic nitrogens is 3. The first-order valence-electron chi connectivity index (χ1n) is 12.2. The highest BCUT2D eigenvalue weighted by molar-refractivity contribution is 7.35. The summed E-state index contributed by atoms with van der Waals surface area (Å²) in [6.07, 6.45) is 1.59. The smallest absolute Gasteiger partial charge is 0.271 e. The van der Waals surface area contributed by atoms with Crippen molar-refractivity contribution in [1.82, 2.24) is 14.5 Å². The van der Waals surface area contributed by atoms with Crippen molar-refractivity contribution in [2.24, 2.45) is 0 Å². The average Bonchev–Trinajstić information content (AvgIpc) is 3.64. The number of benzene rings is 3. The molecule has 0 spiro atoms. The summed E-state index contributed by atoms with van der Waals surface area (Å²) >= 11 is 0. The molecule has 190 valence electrons.